The van der Waals surface area contributed by atoms with Gasteiger partial charge in [-0.25, -0.2) is 4.57 Å². The quantitative estimate of drug-likeness (QED) is 0.0265. The zero-order valence-electron chi connectivity index (χ0n) is 40.9. The smallest absolute Gasteiger partial charge is 0.462 e. The number of allylic oxidation sites excluding steroid dienone is 18. The first-order valence-electron chi connectivity index (χ1n) is 25.4. The number of rotatable bonds is 46. The molecule has 2 unspecified atom stereocenters. The van der Waals surface area contributed by atoms with E-state index in [4.69, 9.17) is 24.3 Å². The molecule has 0 aliphatic heterocycles. The van der Waals surface area contributed by atoms with Crippen LogP contribution in [0.3, 0.4) is 0 Å². The highest BCUT2D eigenvalue weighted by Gasteiger charge is 2.26. The number of esters is 2. The number of ether oxygens (including phenoxy) is 2. The van der Waals surface area contributed by atoms with Gasteiger partial charge < -0.3 is 20.1 Å². The first-order valence-corrected chi connectivity index (χ1v) is 26.9. The van der Waals surface area contributed by atoms with E-state index in [-0.39, 0.29) is 32.6 Å². The topological polar surface area (TPSA) is 134 Å². The third-order valence-electron chi connectivity index (χ3n) is 10.1. The summed E-state index contributed by atoms with van der Waals surface area (Å²) in [6, 6.07) is 0. The maximum Gasteiger partial charge on any atom is 0.472 e. The predicted octanol–water partition coefficient (Wildman–Crippen LogP) is 15.5. The maximum atomic E-state index is 12.6. The van der Waals surface area contributed by atoms with E-state index in [1.807, 2.05) is 0 Å². The van der Waals surface area contributed by atoms with Gasteiger partial charge in [-0.3, -0.25) is 18.6 Å². The fourth-order valence-corrected chi connectivity index (χ4v) is 7.17. The van der Waals surface area contributed by atoms with Crippen molar-refractivity contribution in [2.45, 2.75) is 200 Å². The molecule has 0 aliphatic rings. The predicted molar refractivity (Wildman–Crippen MR) is 275 cm³/mol. The van der Waals surface area contributed by atoms with Crippen molar-refractivity contribution in [3.63, 3.8) is 0 Å². The Morgan fingerprint density at radius 3 is 1.28 bits per heavy atom. The van der Waals surface area contributed by atoms with Crippen molar-refractivity contribution in [2.24, 2.45) is 5.73 Å². The van der Waals surface area contributed by atoms with Gasteiger partial charge in [-0.05, 0) is 103 Å². The van der Waals surface area contributed by atoms with Gasteiger partial charge in [0.2, 0.25) is 0 Å². The number of phosphoric ester groups is 1. The first-order chi connectivity index (χ1) is 31.8. The molecule has 0 aromatic rings. The van der Waals surface area contributed by atoms with Gasteiger partial charge in [0.15, 0.2) is 6.10 Å². The molecule has 0 aliphatic carbocycles. The molecule has 0 heterocycles. The summed E-state index contributed by atoms with van der Waals surface area (Å²) in [7, 11) is -4.39. The van der Waals surface area contributed by atoms with Crippen LogP contribution in [0, 0.1) is 0 Å². The Morgan fingerprint density at radius 2 is 0.846 bits per heavy atom. The molecule has 370 valence electrons. The summed E-state index contributed by atoms with van der Waals surface area (Å²) in [5.41, 5.74) is 5.36. The molecule has 0 saturated carbocycles. The minimum atomic E-state index is -4.39. The molecule has 0 aromatic carbocycles. The summed E-state index contributed by atoms with van der Waals surface area (Å²) in [5, 5.41) is 0. The normalized spacial score (nSPS) is 14.1. The van der Waals surface area contributed by atoms with E-state index in [9.17, 15) is 19.0 Å². The molecular formula is C55H92NO8P. The molecule has 65 heavy (non-hydrogen) atoms. The summed E-state index contributed by atoms with van der Waals surface area (Å²) in [5.74, 6) is -0.864. The van der Waals surface area contributed by atoms with Gasteiger partial charge in [0, 0.05) is 19.4 Å². The summed E-state index contributed by atoms with van der Waals surface area (Å²) < 4.78 is 32.8. The second-order valence-corrected chi connectivity index (χ2v) is 17.8. The molecule has 9 nitrogen and oxygen atoms in total. The van der Waals surface area contributed by atoms with E-state index in [0.717, 1.165) is 122 Å². The van der Waals surface area contributed by atoms with Gasteiger partial charge in [0.25, 0.3) is 0 Å². The molecule has 0 bridgehead atoms. The van der Waals surface area contributed by atoms with Crippen LogP contribution in [-0.2, 0) is 32.7 Å². The van der Waals surface area contributed by atoms with Crippen LogP contribution in [0.2, 0.25) is 0 Å². The molecule has 0 fully saturated rings. The summed E-state index contributed by atoms with van der Waals surface area (Å²) >= 11 is 0. The van der Waals surface area contributed by atoms with Crippen molar-refractivity contribution >= 4 is 19.8 Å². The lowest BCUT2D eigenvalue weighted by Gasteiger charge is -2.19. The molecule has 0 saturated heterocycles. The van der Waals surface area contributed by atoms with Crippen LogP contribution in [0.4, 0.5) is 0 Å². The zero-order valence-corrected chi connectivity index (χ0v) is 41.8. The highest BCUT2D eigenvalue weighted by molar-refractivity contribution is 7.47. The van der Waals surface area contributed by atoms with Crippen LogP contribution in [0.15, 0.2) is 109 Å². The molecule has 3 N–H and O–H groups in total. The Hall–Kier alpha value is -3.33. The first kappa shape index (κ1) is 61.7. The van der Waals surface area contributed by atoms with Crippen LogP contribution in [0.25, 0.3) is 0 Å². The average Bonchev–Trinajstić information content (AvgIpc) is 3.30. The molecule has 0 radical (unpaired) electrons. The summed E-state index contributed by atoms with van der Waals surface area (Å²) in [6.45, 7) is 3.56. The van der Waals surface area contributed by atoms with E-state index in [2.05, 4.69) is 123 Å². The Bertz CT molecular complexity index is 1430. The molecule has 10 heteroatoms. The number of hydrogen-bond acceptors (Lipinski definition) is 8. The molecular weight excluding hydrogens is 834 g/mol. The van der Waals surface area contributed by atoms with Crippen molar-refractivity contribution in [1.29, 1.82) is 0 Å². The van der Waals surface area contributed by atoms with Crippen molar-refractivity contribution < 1.29 is 37.6 Å². The van der Waals surface area contributed by atoms with Crippen LogP contribution in [0.5, 0.6) is 0 Å². The lowest BCUT2D eigenvalue weighted by molar-refractivity contribution is -0.161. The average molecular weight is 926 g/mol. The minimum Gasteiger partial charge on any atom is -0.462 e. The van der Waals surface area contributed by atoms with Crippen molar-refractivity contribution in [3.05, 3.63) is 109 Å². The third kappa shape index (κ3) is 49.9. The SMILES string of the molecule is CC/C=C\C/C=C\C/C=C\C/C=C\C/C=C\C/C=C\C/C=C\C/C=C\CCCCCCCCC(=O)OC(COC(=O)CCCCCCC/C=C\CCCCCC)COP(=O)(O)OCCN. The molecule has 0 spiro atoms. The largest absolute Gasteiger partial charge is 0.472 e. The van der Waals surface area contributed by atoms with Gasteiger partial charge in [0.1, 0.15) is 6.61 Å². The second-order valence-electron chi connectivity index (χ2n) is 16.3. The van der Waals surface area contributed by atoms with Gasteiger partial charge in [-0.2, -0.15) is 0 Å². The fourth-order valence-electron chi connectivity index (χ4n) is 6.41. The maximum absolute atomic E-state index is 12.6. The van der Waals surface area contributed by atoms with Crippen molar-refractivity contribution in [3.8, 4) is 0 Å². The Balaban J connectivity index is 4.10. The van der Waals surface area contributed by atoms with Crippen LogP contribution in [-0.4, -0.2) is 49.3 Å². The van der Waals surface area contributed by atoms with E-state index in [1.54, 1.807) is 0 Å². The van der Waals surface area contributed by atoms with Gasteiger partial charge in [-0.1, -0.05) is 187 Å². The zero-order chi connectivity index (χ0) is 47.4. The van der Waals surface area contributed by atoms with Crippen LogP contribution >= 0.6 is 7.82 Å². The Labute approximate surface area is 397 Å². The minimum absolute atomic E-state index is 0.0440. The van der Waals surface area contributed by atoms with E-state index >= 15 is 0 Å². The third-order valence-corrected chi connectivity index (χ3v) is 11.1. The van der Waals surface area contributed by atoms with Crippen molar-refractivity contribution in [2.75, 3.05) is 26.4 Å². The monoisotopic (exact) mass is 926 g/mol. The Morgan fingerprint density at radius 1 is 0.477 bits per heavy atom. The number of phosphoric acid groups is 1. The van der Waals surface area contributed by atoms with Gasteiger partial charge in [-0.15, -0.1) is 0 Å². The summed E-state index contributed by atoms with van der Waals surface area (Å²) in [4.78, 5) is 35.0. The van der Waals surface area contributed by atoms with Crippen LogP contribution < -0.4 is 5.73 Å². The standard InChI is InChI=1S/C55H92NO8P/c1-3-5-7-9-11-13-15-17-18-19-20-21-22-23-24-25-26-27-28-29-30-31-32-33-34-36-38-40-42-44-46-48-55(58)64-53(52-63-65(59,60)62-50-49-56)51-61-54(57)47-45-43-41-39-37-35-16-14-12-10-8-6-4-2/h5,7,11,13-14,16-18,20-21,23-24,26-27,29-30,32-33,53H,3-4,6,8-10,12,15,19,22,25,28,31,34-52,56H2,1-2H3,(H,59,60)/b7-5-,13-11-,16-14-,18-17-,21-20-,24-23-,27-26-,30-29-,33-32-. The highest BCUT2D eigenvalue weighted by Crippen LogP contribution is 2.43. The number of carbonyl (C=O) groups is 2. The van der Waals surface area contributed by atoms with Gasteiger partial charge >= 0.3 is 19.8 Å². The van der Waals surface area contributed by atoms with E-state index in [1.165, 1.54) is 32.1 Å². The van der Waals surface area contributed by atoms with E-state index < -0.39 is 32.5 Å². The van der Waals surface area contributed by atoms with Crippen LogP contribution in [0.1, 0.15) is 194 Å². The lowest BCUT2D eigenvalue weighted by Crippen LogP contribution is -2.29. The molecule has 0 rings (SSSR count). The molecule has 2 atom stereocenters. The molecule has 0 aromatic heterocycles. The number of hydrogen-bond donors (Lipinski definition) is 2. The van der Waals surface area contributed by atoms with Gasteiger partial charge in [0.05, 0.1) is 13.2 Å². The number of carbonyl (C=O) groups excluding carboxylic acids is 2. The highest BCUT2D eigenvalue weighted by atomic mass is 31.2. The Kier molecular flexibility index (Phi) is 47.5. The second kappa shape index (κ2) is 50.1. The van der Waals surface area contributed by atoms with E-state index in [0.29, 0.717) is 12.8 Å². The van der Waals surface area contributed by atoms with Crippen molar-refractivity contribution in [1.82, 2.24) is 0 Å². The fraction of sp³-hybridized carbons (Fsp3) is 0.636. The molecule has 0 amide bonds. The summed E-state index contributed by atoms with van der Waals surface area (Å²) in [6.07, 6.45) is 67.0. The number of nitrogens with two attached hydrogens (primary N) is 1. The lowest BCUT2D eigenvalue weighted by atomic mass is 10.1. The number of unbranched alkanes of at least 4 members (excludes halogenated alkanes) is 15.